The van der Waals surface area contributed by atoms with Crippen LogP contribution in [0.25, 0.3) is 0 Å². The van der Waals surface area contributed by atoms with Crippen LogP contribution in [0.5, 0.6) is 0 Å². The van der Waals surface area contributed by atoms with Gasteiger partial charge in [0.05, 0.1) is 6.61 Å². The lowest BCUT2D eigenvalue weighted by Crippen LogP contribution is -2.31. The molecule has 0 spiro atoms. The number of anilines is 1. The molecule has 1 heterocycles. The lowest BCUT2D eigenvalue weighted by molar-refractivity contribution is 0.0478. The van der Waals surface area contributed by atoms with Crippen LogP contribution in [0.4, 0.5) is 5.69 Å². The predicted octanol–water partition coefficient (Wildman–Crippen LogP) is 3.83. The van der Waals surface area contributed by atoms with Crippen LogP contribution in [0.1, 0.15) is 18.4 Å². The second-order valence-electron chi connectivity index (χ2n) is 4.92. The van der Waals surface area contributed by atoms with E-state index in [9.17, 15) is 0 Å². The molecule has 1 atom stereocenters. The van der Waals surface area contributed by atoms with Gasteiger partial charge in [0, 0.05) is 12.2 Å². The average molecular weight is 253 g/mol. The first-order valence-corrected chi connectivity index (χ1v) is 6.91. The highest BCUT2D eigenvalue weighted by Crippen LogP contribution is 2.26. The van der Waals surface area contributed by atoms with Crippen LogP contribution >= 0.6 is 0 Å². The molecular weight excluding hydrogens is 234 g/mol. The van der Waals surface area contributed by atoms with Gasteiger partial charge in [0.2, 0.25) is 0 Å². The van der Waals surface area contributed by atoms with Gasteiger partial charge in [0.15, 0.2) is 0 Å². The van der Waals surface area contributed by atoms with Crippen LogP contribution in [0, 0.1) is 0 Å². The van der Waals surface area contributed by atoms with Crippen molar-refractivity contribution in [1.82, 2.24) is 0 Å². The van der Waals surface area contributed by atoms with E-state index in [2.05, 4.69) is 59.5 Å². The Kier molecular flexibility index (Phi) is 3.80. The Labute approximate surface area is 114 Å². The number of hydrogen-bond acceptors (Lipinski definition) is 2. The van der Waals surface area contributed by atoms with Gasteiger partial charge in [-0.1, -0.05) is 48.5 Å². The second-order valence-corrected chi connectivity index (χ2v) is 4.92. The Morgan fingerprint density at radius 3 is 2.37 bits per heavy atom. The van der Waals surface area contributed by atoms with E-state index in [-0.39, 0.29) is 6.23 Å². The van der Waals surface area contributed by atoms with Gasteiger partial charge in [0.1, 0.15) is 6.23 Å². The highest BCUT2D eigenvalue weighted by molar-refractivity contribution is 5.47. The maximum absolute atomic E-state index is 6.08. The van der Waals surface area contributed by atoms with Gasteiger partial charge in [-0.3, -0.25) is 0 Å². The van der Waals surface area contributed by atoms with E-state index in [1.807, 2.05) is 6.07 Å². The molecule has 0 radical (unpaired) electrons. The molecule has 1 aliphatic heterocycles. The first-order chi connectivity index (χ1) is 9.43. The van der Waals surface area contributed by atoms with Gasteiger partial charge in [-0.05, 0) is 30.5 Å². The van der Waals surface area contributed by atoms with E-state index >= 15 is 0 Å². The standard InChI is InChI=1S/C17H19NO/c1-3-8-15(9-4-1)14-19-17-12-7-13-18(17)16-10-5-2-6-11-16/h1-6,8-11,17H,7,12-14H2. The molecule has 2 aromatic carbocycles. The first kappa shape index (κ1) is 12.2. The summed E-state index contributed by atoms with van der Waals surface area (Å²) in [6.45, 7) is 1.78. The third kappa shape index (κ3) is 2.96. The van der Waals surface area contributed by atoms with Crippen molar-refractivity contribution in [1.29, 1.82) is 0 Å². The summed E-state index contributed by atoms with van der Waals surface area (Å²) in [6, 6.07) is 20.9. The van der Waals surface area contributed by atoms with Crippen molar-refractivity contribution >= 4 is 5.69 Å². The molecule has 0 aliphatic carbocycles. The molecule has 1 aliphatic rings. The Hall–Kier alpha value is -1.80. The molecule has 19 heavy (non-hydrogen) atoms. The number of benzene rings is 2. The molecule has 1 saturated heterocycles. The van der Waals surface area contributed by atoms with E-state index in [4.69, 9.17) is 4.74 Å². The Balaban J connectivity index is 1.64. The molecule has 2 heteroatoms. The number of para-hydroxylation sites is 1. The van der Waals surface area contributed by atoms with Crippen LogP contribution in [-0.4, -0.2) is 12.8 Å². The van der Waals surface area contributed by atoms with Gasteiger partial charge in [-0.25, -0.2) is 0 Å². The van der Waals surface area contributed by atoms with Crippen molar-refractivity contribution in [3.63, 3.8) is 0 Å². The highest BCUT2D eigenvalue weighted by Gasteiger charge is 2.25. The summed E-state index contributed by atoms with van der Waals surface area (Å²) in [7, 11) is 0. The third-order valence-corrected chi connectivity index (χ3v) is 3.57. The summed E-state index contributed by atoms with van der Waals surface area (Å²) in [5.74, 6) is 0. The SMILES string of the molecule is c1ccc(COC2CCCN2c2ccccc2)cc1. The van der Waals surface area contributed by atoms with E-state index < -0.39 is 0 Å². The molecule has 0 N–H and O–H groups in total. The number of ether oxygens (including phenoxy) is 1. The topological polar surface area (TPSA) is 12.5 Å². The Morgan fingerprint density at radius 2 is 1.63 bits per heavy atom. The Bertz CT molecular complexity index is 497. The van der Waals surface area contributed by atoms with E-state index in [0.29, 0.717) is 6.61 Å². The summed E-state index contributed by atoms with van der Waals surface area (Å²) in [6.07, 6.45) is 2.53. The summed E-state index contributed by atoms with van der Waals surface area (Å²) in [4.78, 5) is 2.36. The smallest absolute Gasteiger partial charge is 0.130 e. The summed E-state index contributed by atoms with van der Waals surface area (Å²) in [5.41, 5.74) is 2.50. The molecule has 0 bridgehead atoms. The van der Waals surface area contributed by atoms with Gasteiger partial charge >= 0.3 is 0 Å². The van der Waals surface area contributed by atoms with Crippen molar-refractivity contribution < 1.29 is 4.74 Å². The molecule has 3 rings (SSSR count). The number of nitrogens with zero attached hydrogens (tertiary/aromatic N) is 1. The minimum atomic E-state index is 0.211. The Morgan fingerprint density at radius 1 is 0.947 bits per heavy atom. The zero-order valence-electron chi connectivity index (χ0n) is 11.0. The summed E-state index contributed by atoms with van der Waals surface area (Å²) in [5, 5.41) is 0. The first-order valence-electron chi connectivity index (χ1n) is 6.91. The van der Waals surface area contributed by atoms with Crippen molar-refractivity contribution in [3.05, 3.63) is 66.2 Å². The largest absolute Gasteiger partial charge is 0.354 e. The van der Waals surface area contributed by atoms with Crippen LogP contribution in [-0.2, 0) is 11.3 Å². The zero-order chi connectivity index (χ0) is 12.9. The number of rotatable bonds is 4. The van der Waals surface area contributed by atoms with Crippen LogP contribution in [0.2, 0.25) is 0 Å². The predicted molar refractivity (Wildman–Crippen MR) is 78.0 cm³/mol. The lowest BCUT2D eigenvalue weighted by Gasteiger charge is -2.26. The maximum atomic E-state index is 6.08. The van der Waals surface area contributed by atoms with E-state index in [0.717, 1.165) is 13.0 Å². The molecule has 0 saturated carbocycles. The van der Waals surface area contributed by atoms with Crippen LogP contribution in [0.15, 0.2) is 60.7 Å². The van der Waals surface area contributed by atoms with Crippen LogP contribution < -0.4 is 4.90 Å². The second kappa shape index (κ2) is 5.89. The molecular formula is C17H19NO. The van der Waals surface area contributed by atoms with Crippen molar-refractivity contribution in [2.75, 3.05) is 11.4 Å². The zero-order valence-corrected chi connectivity index (χ0v) is 11.0. The quantitative estimate of drug-likeness (QED) is 0.821. The average Bonchev–Trinajstić information content (AvgIpc) is 2.95. The van der Waals surface area contributed by atoms with Gasteiger partial charge in [0.25, 0.3) is 0 Å². The summed E-state index contributed by atoms with van der Waals surface area (Å²) < 4.78 is 6.08. The molecule has 1 unspecified atom stereocenters. The minimum absolute atomic E-state index is 0.211. The maximum Gasteiger partial charge on any atom is 0.130 e. The normalized spacial score (nSPS) is 18.7. The monoisotopic (exact) mass is 253 g/mol. The van der Waals surface area contributed by atoms with Crippen LogP contribution in [0.3, 0.4) is 0 Å². The third-order valence-electron chi connectivity index (χ3n) is 3.57. The van der Waals surface area contributed by atoms with Gasteiger partial charge < -0.3 is 9.64 Å². The van der Waals surface area contributed by atoms with E-state index in [1.54, 1.807) is 0 Å². The molecule has 0 amide bonds. The lowest BCUT2D eigenvalue weighted by atomic mass is 10.2. The van der Waals surface area contributed by atoms with Gasteiger partial charge in [-0.2, -0.15) is 0 Å². The fourth-order valence-corrected chi connectivity index (χ4v) is 2.59. The van der Waals surface area contributed by atoms with E-state index in [1.165, 1.54) is 17.7 Å². The summed E-state index contributed by atoms with van der Waals surface area (Å²) >= 11 is 0. The highest BCUT2D eigenvalue weighted by atomic mass is 16.5. The number of hydrogen-bond donors (Lipinski definition) is 0. The molecule has 98 valence electrons. The molecule has 1 fully saturated rings. The van der Waals surface area contributed by atoms with Crippen molar-refractivity contribution in [2.45, 2.75) is 25.7 Å². The molecule has 0 aromatic heterocycles. The fraction of sp³-hybridized carbons (Fsp3) is 0.294. The van der Waals surface area contributed by atoms with Crippen molar-refractivity contribution in [3.8, 4) is 0 Å². The van der Waals surface area contributed by atoms with Crippen molar-refractivity contribution in [2.24, 2.45) is 0 Å². The minimum Gasteiger partial charge on any atom is -0.354 e. The van der Waals surface area contributed by atoms with Gasteiger partial charge in [-0.15, -0.1) is 0 Å². The molecule has 2 nitrogen and oxygen atoms in total. The fourth-order valence-electron chi connectivity index (χ4n) is 2.59. The molecule has 2 aromatic rings.